The van der Waals surface area contributed by atoms with E-state index in [9.17, 15) is 0 Å². The van der Waals surface area contributed by atoms with Gasteiger partial charge in [0.05, 0.1) is 6.17 Å². The van der Waals surface area contributed by atoms with Crippen molar-refractivity contribution in [3.63, 3.8) is 0 Å². The lowest BCUT2D eigenvalue weighted by molar-refractivity contribution is 0.253. The Hall–Kier alpha value is -0.900. The van der Waals surface area contributed by atoms with E-state index in [-0.39, 0.29) is 6.17 Å². The summed E-state index contributed by atoms with van der Waals surface area (Å²) in [7, 11) is 4.01. The Morgan fingerprint density at radius 2 is 1.87 bits per heavy atom. The zero-order valence-corrected chi connectivity index (χ0v) is 9.83. The largest absolute Gasteiger partial charge is 0.289 e. The van der Waals surface area contributed by atoms with E-state index in [1.54, 1.807) is 0 Å². The van der Waals surface area contributed by atoms with Crippen LogP contribution in [0, 0.1) is 0 Å². The van der Waals surface area contributed by atoms with E-state index in [0.29, 0.717) is 0 Å². The molecule has 1 aromatic rings. The van der Waals surface area contributed by atoms with Gasteiger partial charge in [-0.1, -0.05) is 37.6 Å². The zero-order chi connectivity index (χ0) is 11.3. The summed E-state index contributed by atoms with van der Waals surface area (Å²) in [6, 6.07) is 8.62. The van der Waals surface area contributed by atoms with Crippen LogP contribution in [-0.2, 0) is 6.42 Å². The Morgan fingerprint density at radius 3 is 2.27 bits per heavy atom. The summed E-state index contributed by atoms with van der Waals surface area (Å²) in [4.78, 5) is 2.05. The van der Waals surface area contributed by atoms with Gasteiger partial charge in [-0.3, -0.25) is 10.7 Å². The molecule has 1 atom stereocenters. The minimum atomic E-state index is 0.0840. The summed E-state index contributed by atoms with van der Waals surface area (Å²) in [5.41, 5.74) is 5.38. The molecule has 84 valence electrons. The van der Waals surface area contributed by atoms with Gasteiger partial charge in [-0.25, -0.2) is 5.43 Å². The molecule has 1 unspecified atom stereocenters. The van der Waals surface area contributed by atoms with Crippen LogP contribution in [0.15, 0.2) is 24.3 Å². The summed E-state index contributed by atoms with van der Waals surface area (Å²) in [5, 5.41) is 0. The molecule has 0 saturated carbocycles. The van der Waals surface area contributed by atoms with Crippen molar-refractivity contribution >= 4 is 0 Å². The molecule has 0 saturated heterocycles. The molecular formula is C12H21N3. The van der Waals surface area contributed by atoms with Crippen molar-refractivity contribution in [2.45, 2.75) is 25.9 Å². The first-order chi connectivity index (χ1) is 7.19. The second kappa shape index (κ2) is 5.85. The van der Waals surface area contributed by atoms with Crippen LogP contribution in [0.4, 0.5) is 0 Å². The fourth-order valence-electron chi connectivity index (χ4n) is 1.70. The number of rotatable bonds is 5. The molecule has 0 fully saturated rings. The summed E-state index contributed by atoms with van der Waals surface area (Å²) in [6.45, 7) is 2.19. The van der Waals surface area contributed by atoms with Gasteiger partial charge in [0, 0.05) is 0 Å². The molecule has 15 heavy (non-hydrogen) atoms. The van der Waals surface area contributed by atoms with Crippen LogP contribution in [0.3, 0.4) is 0 Å². The molecule has 0 radical (unpaired) electrons. The van der Waals surface area contributed by atoms with Crippen LogP contribution in [0.5, 0.6) is 0 Å². The molecule has 3 heteroatoms. The Bertz CT molecular complexity index is 279. The van der Waals surface area contributed by atoms with E-state index in [1.165, 1.54) is 17.5 Å². The molecule has 0 aliphatic carbocycles. The Labute approximate surface area is 92.2 Å². The third-order valence-corrected chi connectivity index (χ3v) is 2.51. The van der Waals surface area contributed by atoms with Gasteiger partial charge in [-0.2, -0.15) is 0 Å². The molecule has 0 amide bonds. The molecule has 0 aliphatic heterocycles. The number of nitrogens with zero attached hydrogens (tertiary/aromatic N) is 1. The molecule has 0 aliphatic rings. The quantitative estimate of drug-likeness (QED) is 0.438. The SMILES string of the molecule is CCCc1ccc(C(NN)N(C)C)cc1. The Kier molecular flexibility index (Phi) is 4.75. The lowest BCUT2D eigenvalue weighted by Crippen LogP contribution is -2.37. The molecule has 0 aromatic heterocycles. The first-order valence-electron chi connectivity index (χ1n) is 5.40. The lowest BCUT2D eigenvalue weighted by atomic mass is 10.1. The summed E-state index contributed by atoms with van der Waals surface area (Å²) in [5.74, 6) is 5.51. The maximum atomic E-state index is 5.51. The van der Waals surface area contributed by atoms with E-state index < -0.39 is 0 Å². The molecule has 3 N–H and O–H groups in total. The van der Waals surface area contributed by atoms with Gasteiger partial charge in [0.1, 0.15) is 0 Å². The fourth-order valence-corrected chi connectivity index (χ4v) is 1.70. The minimum Gasteiger partial charge on any atom is -0.289 e. The molecule has 0 heterocycles. The predicted octanol–water partition coefficient (Wildman–Crippen LogP) is 1.66. The van der Waals surface area contributed by atoms with Crippen LogP contribution in [-0.4, -0.2) is 19.0 Å². The van der Waals surface area contributed by atoms with Crippen LogP contribution in [0.2, 0.25) is 0 Å². The van der Waals surface area contributed by atoms with E-state index in [1.807, 2.05) is 14.1 Å². The van der Waals surface area contributed by atoms with Gasteiger partial charge < -0.3 is 0 Å². The number of hydrogen-bond donors (Lipinski definition) is 2. The smallest absolute Gasteiger partial charge is 0.0980 e. The zero-order valence-electron chi connectivity index (χ0n) is 9.83. The number of benzene rings is 1. The summed E-state index contributed by atoms with van der Waals surface area (Å²) in [6.07, 6.45) is 2.41. The third kappa shape index (κ3) is 3.30. The minimum absolute atomic E-state index is 0.0840. The fraction of sp³-hybridized carbons (Fsp3) is 0.500. The van der Waals surface area contributed by atoms with Crippen LogP contribution in [0.1, 0.15) is 30.6 Å². The summed E-state index contributed by atoms with van der Waals surface area (Å²) >= 11 is 0. The van der Waals surface area contributed by atoms with Crippen molar-refractivity contribution in [3.05, 3.63) is 35.4 Å². The molecule has 3 nitrogen and oxygen atoms in total. The Balaban J connectivity index is 2.77. The van der Waals surface area contributed by atoms with Gasteiger partial charge >= 0.3 is 0 Å². The molecule has 0 spiro atoms. The van der Waals surface area contributed by atoms with E-state index in [4.69, 9.17) is 5.84 Å². The number of hydrogen-bond acceptors (Lipinski definition) is 3. The first-order valence-corrected chi connectivity index (χ1v) is 5.40. The predicted molar refractivity (Wildman–Crippen MR) is 64.2 cm³/mol. The van der Waals surface area contributed by atoms with Crippen molar-refractivity contribution in [2.75, 3.05) is 14.1 Å². The van der Waals surface area contributed by atoms with Crippen LogP contribution in [0.25, 0.3) is 0 Å². The second-order valence-corrected chi connectivity index (χ2v) is 4.02. The van der Waals surface area contributed by atoms with Crippen molar-refractivity contribution in [3.8, 4) is 0 Å². The normalized spacial score (nSPS) is 13.1. The van der Waals surface area contributed by atoms with Crippen molar-refractivity contribution in [2.24, 2.45) is 5.84 Å². The van der Waals surface area contributed by atoms with Gasteiger partial charge in [-0.15, -0.1) is 0 Å². The van der Waals surface area contributed by atoms with Crippen LogP contribution < -0.4 is 11.3 Å². The highest BCUT2D eigenvalue weighted by molar-refractivity contribution is 5.24. The monoisotopic (exact) mass is 207 g/mol. The number of nitrogens with two attached hydrogens (primary N) is 1. The highest BCUT2D eigenvalue weighted by Crippen LogP contribution is 2.15. The highest BCUT2D eigenvalue weighted by Gasteiger charge is 2.10. The highest BCUT2D eigenvalue weighted by atomic mass is 15.4. The average molecular weight is 207 g/mol. The van der Waals surface area contributed by atoms with E-state index >= 15 is 0 Å². The van der Waals surface area contributed by atoms with Gasteiger partial charge in [0.25, 0.3) is 0 Å². The molecule has 0 bridgehead atoms. The second-order valence-electron chi connectivity index (χ2n) is 4.02. The summed E-state index contributed by atoms with van der Waals surface area (Å²) < 4.78 is 0. The lowest BCUT2D eigenvalue weighted by Gasteiger charge is -2.23. The maximum absolute atomic E-state index is 5.51. The maximum Gasteiger partial charge on any atom is 0.0980 e. The average Bonchev–Trinajstić information content (AvgIpc) is 2.21. The van der Waals surface area contributed by atoms with Crippen molar-refractivity contribution in [1.82, 2.24) is 10.3 Å². The van der Waals surface area contributed by atoms with Gasteiger partial charge in [-0.05, 0) is 31.6 Å². The van der Waals surface area contributed by atoms with E-state index in [2.05, 4.69) is 41.5 Å². The number of hydrazine groups is 1. The van der Waals surface area contributed by atoms with Crippen molar-refractivity contribution in [1.29, 1.82) is 0 Å². The molecule has 1 aromatic carbocycles. The molecular weight excluding hydrogens is 186 g/mol. The molecule has 1 rings (SSSR count). The topological polar surface area (TPSA) is 41.3 Å². The third-order valence-electron chi connectivity index (χ3n) is 2.51. The number of aryl methyl sites for hydroxylation is 1. The Morgan fingerprint density at radius 1 is 1.27 bits per heavy atom. The van der Waals surface area contributed by atoms with Crippen LogP contribution >= 0.6 is 0 Å². The van der Waals surface area contributed by atoms with Crippen molar-refractivity contribution < 1.29 is 0 Å². The first kappa shape index (κ1) is 12.2. The van der Waals surface area contributed by atoms with Gasteiger partial charge in [0.15, 0.2) is 0 Å². The van der Waals surface area contributed by atoms with Gasteiger partial charge in [0.2, 0.25) is 0 Å². The number of nitrogens with one attached hydrogen (secondary N) is 1. The standard InChI is InChI=1S/C12H21N3/c1-4-5-10-6-8-11(9-7-10)12(14-13)15(2)3/h6-9,12,14H,4-5,13H2,1-3H3. The van der Waals surface area contributed by atoms with E-state index in [0.717, 1.165) is 6.42 Å².